The van der Waals surface area contributed by atoms with Crippen LogP contribution in [-0.4, -0.2) is 45.3 Å². The third kappa shape index (κ3) is 4.76. The number of carbonyl (C=O) groups is 1. The van der Waals surface area contributed by atoms with Crippen LogP contribution in [0.1, 0.15) is 36.4 Å². The Morgan fingerprint density at radius 2 is 2.07 bits per heavy atom. The Hall–Kier alpha value is -2.87. The Balaban J connectivity index is 1.28. The van der Waals surface area contributed by atoms with Crippen LogP contribution < -0.4 is 10.6 Å². The molecule has 3 heterocycles. The van der Waals surface area contributed by atoms with Crippen LogP contribution >= 0.6 is 0 Å². The minimum atomic E-state index is -0.241. The number of benzene rings is 1. The Morgan fingerprint density at radius 1 is 1.24 bits per heavy atom. The van der Waals surface area contributed by atoms with Crippen molar-refractivity contribution < 1.29 is 9.18 Å². The highest BCUT2D eigenvalue weighted by Crippen LogP contribution is 2.26. The maximum Gasteiger partial charge on any atom is 0.220 e. The molecule has 1 saturated heterocycles. The van der Waals surface area contributed by atoms with Crippen molar-refractivity contribution in [1.29, 1.82) is 0 Å². The molecule has 0 radical (unpaired) electrons. The van der Waals surface area contributed by atoms with Gasteiger partial charge in [-0.3, -0.25) is 4.79 Å². The van der Waals surface area contributed by atoms with Gasteiger partial charge in [0.2, 0.25) is 5.91 Å². The molecule has 152 valence electrons. The molecule has 0 bridgehead atoms. The number of fused-ring (bicyclic) bond motifs is 1. The predicted molar refractivity (Wildman–Crippen MR) is 108 cm³/mol. The molecule has 2 aromatic heterocycles. The number of carbonyl (C=O) groups excluding carboxylic acids is 1. The van der Waals surface area contributed by atoms with Crippen LogP contribution in [0.25, 0.3) is 11.2 Å². The van der Waals surface area contributed by atoms with Crippen molar-refractivity contribution in [2.24, 2.45) is 0 Å². The van der Waals surface area contributed by atoms with Gasteiger partial charge in [0.1, 0.15) is 11.3 Å². The summed E-state index contributed by atoms with van der Waals surface area (Å²) in [4.78, 5) is 21.0. The zero-order valence-corrected chi connectivity index (χ0v) is 16.3. The molecule has 1 aliphatic heterocycles. The highest BCUT2D eigenvalue weighted by molar-refractivity contribution is 5.76. The van der Waals surface area contributed by atoms with Crippen LogP contribution in [-0.2, 0) is 17.8 Å². The third-order valence-electron chi connectivity index (χ3n) is 5.27. The van der Waals surface area contributed by atoms with E-state index in [1.54, 1.807) is 24.5 Å². The molecule has 8 heteroatoms. The van der Waals surface area contributed by atoms with E-state index >= 15 is 0 Å². The predicted octanol–water partition coefficient (Wildman–Crippen LogP) is 2.18. The Morgan fingerprint density at radius 3 is 2.86 bits per heavy atom. The van der Waals surface area contributed by atoms with Gasteiger partial charge in [0.15, 0.2) is 5.65 Å². The number of nitrogens with one attached hydrogen (secondary N) is 2. The monoisotopic (exact) mass is 396 g/mol. The lowest BCUT2D eigenvalue weighted by molar-refractivity contribution is -0.121. The molecule has 1 amide bonds. The maximum absolute atomic E-state index is 12.9. The summed E-state index contributed by atoms with van der Waals surface area (Å²) < 4.78 is 14.8. The molecule has 1 aliphatic rings. The molecule has 1 atom stereocenters. The lowest BCUT2D eigenvalue weighted by atomic mass is 10.0. The summed E-state index contributed by atoms with van der Waals surface area (Å²) in [5, 5.41) is 11.1. The van der Waals surface area contributed by atoms with Gasteiger partial charge in [0.25, 0.3) is 0 Å². The second-order valence-corrected chi connectivity index (χ2v) is 7.36. The van der Waals surface area contributed by atoms with Crippen LogP contribution in [0.2, 0.25) is 0 Å². The number of hydrogen-bond donors (Lipinski definition) is 2. The molecule has 1 aromatic carbocycles. The molecule has 0 aliphatic carbocycles. The van der Waals surface area contributed by atoms with Gasteiger partial charge < -0.3 is 10.6 Å². The molecule has 3 aromatic rings. The quantitative estimate of drug-likeness (QED) is 0.610. The molecule has 0 spiro atoms. The van der Waals surface area contributed by atoms with Crippen molar-refractivity contribution in [3.8, 4) is 0 Å². The van der Waals surface area contributed by atoms with E-state index in [0.29, 0.717) is 25.4 Å². The van der Waals surface area contributed by atoms with E-state index in [1.165, 1.54) is 12.1 Å². The molecule has 29 heavy (non-hydrogen) atoms. The fraction of sp³-hybridized carbons (Fsp3) is 0.429. The summed E-state index contributed by atoms with van der Waals surface area (Å²) in [6.45, 7) is 2.95. The third-order valence-corrected chi connectivity index (χ3v) is 5.27. The fourth-order valence-electron chi connectivity index (χ4n) is 3.74. The molecule has 0 saturated carbocycles. The first-order valence-electron chi connectivity index (χ1n) is 10.1. The van der Waals surface area contributed by atoms with E-state index in [2.05, 4.69) is 20.6 Å². The van der Waals surface area contributed by atoms with E-state index in [9.17, 15) is 9.18 Å². The van der Waals surface area contributed by atoms with Crippen LogP contribution in [0.3, 0.4) is 0 Å². The smallest absolute Gasteiger partial charge is 0.220 e. The topological polar surface area (TPSA) is 84.7 Å². The number of hydrogen-bond acceptors (Lipinski definition) is 5. The van der Waals surface area contributed by atoms with E-state index in [1.807, 2.05) is 4.68 Å². The molecule has 4 rings (SSSR count). The summed E-state index contributed by atoms with van der Waals surface area (Å²) in [5.41, 5.74) is 3.64. The number of rotatable bonds is 8. The van der Waals surface area contributed by atoms with Gasteiger partial charge in [-0.15, -0.1) is 0 Å². The van der Waals surface area contributed by atoms with Crippen molar-refractivity contribution >= 4 is 17.1 Å². The minimum Gasteiger partial charge on any atom is -0.354 e. The van der Waals surface area contributed by atoms with Gasteiger partial charge in [-0.2, -0.15) is 5.10 Å². The van der Waals surface area contributed by atoms with Crippen molar-refractivity contribution in [2.75, 3.05) is 19.6 Å². The highest BCUT2D eigenvalue weighted by atomic mass is 19.1. The average Bonchev–Trinajstić information content (AvgIpc) is 3.38. The van der Waals surface area contributed by atoms with Crippen molar-refractivity contribution in [1.82, 2.24) is 30.4 Å². The van der Waals surface area contributed by atoms with Crippen LogP contribution in [0.4, 0.5) is 4.39 Å². The summed E-state index contributed by atoms with van der Waals surface area (Å²) in [7, 11) is 0. The first kappa shape index (κ1) is 19.4. The summed E-state index contributed by atoms with van der Waals surface area (Å²) in [5.74, 6) is 0.126. The minimum absolute atomic E-state index is 0.00914. The lowest BCUT2D eigenvalue weighted by Crippen LogP contribution is -2.27. The number of aryl methyl sites for hydroxylation is 1. The second-order valence-electron chi connectivity index (χ2n) is 7.36. The summed E-state index contributed by atoms with van der Waals surface area (Å²) >= 11 is 0. The SMILES string of the molecule is O=C(CCCc1ccc(F)cc1)NCCn1nc(C2CCNC2)c2nccnc21. The first-order valence-corrected chi connectivity index (χ1v) is 10.1. The molecule has 2 N–H and O–H groups in total. The van der Waals surface area contributed by atoms with Gasteiger partial charge in [-0.05, 0) is 43.5 Å². The van der Waals surface area contributed by atoms with E-state index < -0.39 is 0 Å². The number of aromatic nitrogens is 4. The molecular weight excluding hydrogens is 371 g/mol. The zero-order valence-electron chi connectivity index (χ0n) is 16.3. The number of amides is 1. The maximum atomic E-state index is 12.9. The van der Waals surface area contributed by atoms with Gasteiger partial charge >= 0.3 is 0 Å². The van der Waals surface area contributed by atoms with Crippen LogP contribution in [0.15, 0.2) is 36.7 Å². The largest absolute Gasteiger partial charge is 0.354 e. The molecule has 1 unspecified atom stereocenters. The van der Waals surface area contributed by atoms with Gasteiger partial charge in [-0.1, -0.05) is 12.1 Å². The van der Waals surface area contributed by atoms with E-state index in [4.69, 9.17) is 5.10 Å². The van der Waals surface area contributed by atoms with Crippen molar-refractivity contribution in [3.63, 3.8) is 0 Å². The summed E-state index contributed by atoms with van der Waals surface area (Å²) in [6.07, 6.45) is 6.34. The fourth-order valence-corrected chi connectivity index (χ4v) is 3.74. The Kier molecular flexibility index (Phi) is 6.09. The van der Waals surface area contributed by atoms with E-state index in [0.717, 1.165) is 54.8 Å². The molecular formula is C21H25FN6O. The average molecular weight is 396 g/mol. The van der Waals surface area contributed by atoms with Crippen molar-refractivity contribution in [3.05, 3.63) is 53.7 Å². The Labute approximate surface area is 168 Å². The lowest BCUT2D eigenvalue weighted by Gasteiger charge is -2.07. The zero-order chi connectivity index (χ0) is 20.1. The van der Waals surface area contributed by atoms with Crippen LogP contribution in [0.5, 0.6) is 0 Å². The van der Waals surface area contributed by atoms with E-state index in [-0.39, 0.29) is 11.7 Å². The van der Waals surface area contributed by atoms with Gasteiger partial charge in [0.05, 0.1) is 12.2 Å². The van der Waals surface area contributed by atoms with Gasteiger partial charge in [-0.25, -0.2) is 19.0 Å². The number of nitrogens with zero attached hydrogens (tertiary/aromatic N) is 4. The number of halogens is 1. The van der Waals surface area contributed by atoms with Gasteiger partial charge in [0, 0.05) is 37.8 Å². The first-order chi connectivity index (χ1) is 14.2. The Bertz CT molecular complexity index is 965. The highest BCUT2D eigenvalue weighted by Gasteiger charge is 2.24. The normalized spacial score (nSPS) is 16.4. The van der Waals surface area contributed by atoms with Crippen molar-refractivity contribution in [2.45, 2.75) is 38.1 Å². The van der Waals surface area contributed by atoms with Crippen LogP contribution in [0, 0.1) is 5.82 Å². The second kappa shape index (κ2) is 9.09. The standard InChI is InChI=1S/C21H25FN6O/c22-17-6-4-15(5-7-17)2-1-3-18(29)24-12-13-28-21-20(25-10-11-26-21)19(27-28)16-8-9-23-14-16/h4-7,10-11,16,23H,1-3,8-9,12-14H2,(H,24,29). The molecule has 7 nitrogen and oxygen atoms in total. The molecule has 1 fully saturated rings. The summed E-state index contributed by atoms with van der Waals surface area (Å²) in [6, 6.07) is 6.41.